The number of urea groups is 1. The fraction of sp³-hybridized carbons (Fsp3) is 0.0952. The lowest BCUT2D eigenvalue weighted by Crippen LogP contribution is -2.20. The van der Waals surface area contributed by atoms with Crippen LogP contribution in [0.25, 0.3) is 21.3 Å². The third kappa shape index (κ3) is 4.28. The van der Waals surface area contributed by atoms with Gasteiger partial charge in [-0.2, -0.15) is 13.2 Å². The molecule has 11 heteroatoms. The Labute approximate surface area is 184 Å². The van der Waals surface area contributed by atoms with Gasteiger partial charge in [-0.25, -0.2) is 14.8 Å². The molecule has 0 spiro atoms. The summed E-state index contributed by atoms with van der Waals surface area (Å²) in [6.07, 6.45) is -3.11. The first kappa shape index (κ1) is 21.4. The summed E-state index contributed by atoms with van der Waals surface area (Å²) >= 11 is 1.42. The van der Waals surface area contributed by atoms with Crippen LogP contribution < -0.4 is 21.1 Å². The second-order valence-electron chi connectivity index (χ2n) is 6.66. The minimum atomic E-state index is -4.51. The number of benzene rings is 2. The number of carbonyl (C=O) groups excluding carboxylic acids is 1. The van der Waals surface area contributed by atoms with Crippen LogP contribution in [-0.4, -0.2) is 23.1 Å². The maximum atomic E-state index is 12.9. The lowest BCUT2D eigenvalue weighted by atomic mass is 10.0. The van der Waals surface area contributed by atoms with Crippen molar-refractivity contribution in [2.24, 2.45) is 0 Å². The minimum Gasteiger partial charge on any atom is -0.495 e. The quantitative estimate of drug-likeness (QED) is 0.368. The molecule has 7 nitrogen and oxygen atoms in total. The molecule has 0 aliphatic rings. The van der Waals surface area contributed by atoms with Gasteiger partial charge in [0.25, 0.3) is 0 Å². The number of fused-ring (bicyclic) bond motifs is 1. The maximum absolute atomic E-state index is 12.9. The van der Waals surface area contributed by atoms with E-state index < -0.39 is 17.8 Å². The summed E-state index contributed by atoms with van der Waals surface area (Å²) < 4.78 is 44.0. The smallest absolute Gasteiger partial charge is 0.416 e. The van der Waals surface area contributed by atoms with E-state index in [0.29, 0.717) is 17.3 Å². The van der Waals surface area contributed by atoms with Crippen molar-refractivity contribution in [1.29, 1.82) is 0 Å². The van der Waals surface area contributed by atoms with Crippen LogP contribution in [-0.2, 0) is 6.18 Å². The highest BCUT2D eigenvalue weighted by Crippen LogP contribution is 2.38. The van der Waals surface area contributed by atoms with E-state index in [4.69, 9.17) is 10.5 Å². The highest BCUT2D eigenvalue weighted by molar-refractivity contribution is 7.17. The highest BCUT2D eigenvalue weighted by Gasteiger charge is 2.30. The number of nitrogens with one attached hydrogen (secondary N) is 2. The van der Waals surface area contributed by atoms with Gasteiger partial charge in [0.2, 0.25) is 0 Å². The molecule has 0 aliphatic heterocycles. The van der Waals surface area contributed by atoms with Gasteiger partial charge in [0, 0.05) is 16.6 Å². The van der Waals surface area contributed by atoms with Gasteiger partial charge in [0.15, 0.2) is 0 Å². The van der Waals surface area contributed by atoms with Crippen LogP contribution in [0.1, 0.15) is 5.56 Å². The van der Waals surface area contributed by atoms with Crippen molar-refractivity contribution in [2.45, 2.75) is 6.18 Å². The van der Waals surface area contributed by atoms with Crippen LogP contribution in [0.5, 0.6) is 5.75 Å². The maximum Gasteiger partial charge on any atom is 0.416 e. The molecule has 2 aromatic heterocycles. The third-order valence-electron chi connectivity index (χ3n) is 4.61. The molecule has 0 bridgehead atoms. The van der Waals surface area contributed by atoms with Crippen LogP contribution in [0.15, 0.2) is 54.2 Å². The fourth-order valence-electron chi connectivity index (χ4n) is 3.13. The van der Waals surface area contributed by atoms with Crippen molar-refractivity contribution in [3.05, 3.63) is 59.7 Å². The van der Waals surface area contributed by atoms with E-state index in [0.717, 1.165) is 33.5 Å². The normalized spacial score (nSPS) is 11.4. The zero-order chi connectivity index (χ0) is 22.9. The summed E-state index contributed by atoms with van der Waals surface area (Å²) in [5, 5.41) is 7.60. The zero-order valence-corrected chi connectivity index (χ0v) is 17.3. The third-order valence-corrected chi connectivity index (χ3v) is 5.49. The predicted octanol–water partition coefficient (Wildman–Crippen LogP) is 5.61. The Kier molecular flexibility index (Phi) is 5.57. The van der Waals surface area contributed by atoms with Gasteiger partial charge in [0.1, 0.15) is 22.7 Å². The van der Waals surface area contributed by atoms with Gasteiger partial charge >= 0.3 is 12.2 Å². The Morgan fingerprint density at radius 1 is 1.12 bits per heavy atom. The standard InChI is InChI=1S/C21H16F3N5O2S/c1-31-16-7-11(14-9-32-19-17(14)18(25)26-10-27-19)5-6-15(16)29-20(30)28-13-4-2-3-12(8-13)21(22,23)24/h2-10H,1H3,(H2,25,26,27)(H2,28,29,30). The molecule has 0 saturated carbocycles. The Hall–Kier alpha value is -3.86. The number of halogens is 3. The van der Waals surface area contributed by atoms with Crippen LogP contribution in [0.3, 0.4) is 0 Å². The van der Waals surface area contributed by atoms with E-state index in [9.17, 15) is 18.0 Å². The molecule has 0 aliphatic carbocycles. The van der Waals surface area contributed by atoms with Crippen molar-refractivity contribution in [3.63, 3.8) is 0 Å². The van der Waals surface area contributed by atoms with E-state index in [-0.39, 0.29) is 5.69 Å². The summed E-state index contributed by atoms with van der Waals surface area (Å²) in [5.41, 5.74) is 7.09. The van der Waals surface area contributed by atoms with E-state index in [1.165, 1.54) is 36.9 Å². The summed E-state index contributed by atoms with van der Waals surface area (Å²) in [6, 6.07) is 8.75. The largest absolute Gasteiger partial charge is 0.495 e. The molecule has 4 rings (SSSR count). The van der Waals surface area contributed by atoms with Crippen molar-refractivity contribution in [2.75, 3.05) is 23.5 Å². The first-order valence-corrected chi connectivity index (χ1v) is 10.1. The predicted molar refractivity (Wildman–Crippen MR) is 118 cm³/mol. The molecule has 2 amide bonds. The number of amides is 2. The lowest BCUT2D eigenvalue weighted by molar-refractivity contribution is -0.137. The van der Waals surface area contributed by atoms with Crippen LogP contribution >= 0.6 is 11.3 Å². The second-order valence-corrected chi connectivity index (χ2v) is 7.52. The number of nitrogens with zero attached hydrogens (tertiary/aromatic N) is 2. The number of hydrogen-bond acceptors (Lipinski definition) is 6. The highest BCUT2D eigenvalue weighted by atomic mass is 32.1. The van der Waals surface area contributed by atoms with E-state index in [2.05, 4.69) is 20.6 Å². The van der Waals surface area contributed by atoms with Crippen LogP contribution in [0.2, 0.25) is 0 Å². The Morgan fingerprint density at radius 3 is 2.69 bits per heavy atom. The number of ether oxygens (including phenoxy) is 1. The Bertz CT molecular complexity index is 1310. The van der Waals surface area contributed by atoms with E-state index >= 15 is 0 Å². The van der Waals surface area contributed by atoms with Crippen molar-refractivity contribution >= 4 is 44.8 Å². The van der Waals surface area contributed by atoms with Gasteiger partial charge in [0.05, 0.1) is 23.7 Å². The first-order chi connectivity index (χ1) is 15.3. The SMILES string of the molecule is COc1cc(-c2csc3ncnc(N)c23)ccc1NC(=O)Nc1cccc(C(F)(F)F)c1. The molecular weight excluding hydrogens is 443 g/mol. The number of carbonyl (C=O) groups is 1. The molecular formula is C21H16F3N5O2S. The number of hydrogen-bond donors (Lipinski definition) is 3. The number of methoxy groups -OCH3 is 1. The Morgan fingerprint density at radius 2 is 1.94 bits per heavy atom. The Balaban J connectivity index is 1.57. The van der Waals surface area contributed by atoms with Crippen LogP contribution in [0.4, 0.5) is 35.2 Å². The molecule has 4 aromatic rings. The molecule has 2 aromatic carbocycles. The minimum absolute atomic E-state index is 0.00753. The van der Waals surface area contributed by atoms with Crippen LogP contribution in [0, 0.1) is 0 Å². The zero-order valence-electron chi connectivity index (χ0n) is 16.5. The van der Waals surface area contributed by atoms with Gasteiger partial charge in [-0.1, -0.05) is 12.1 Å². The lowest BCUT2D eigenvalue weighted by Gasteiger charge is -2.14. The topological polar surface area (TPSA) is 102 Å². The van der Waals surface area contributed by atoms with E-state index in [1.807, 2.05) is 5.38 Å². The number of anilines is 3. The molecule has 32 heavy (non-hydrogen) atoms. The van der Waals surface area contributed by atoms with Crippen molar-refractivity contribution < 1.29 is 22.7 Å². The monoisotopic (exact) mass is 459 g/mol. The molecule has 0 radical (unpaired) electrons. The summed E-state index contributed by atoms with van der Waals surface area (Å²) in [4.78, 5) is 21.3. The summed E-state index contributed by atoms with van der Waals surface area (Å²) in [5.74, 6) is 0.712. The molecule has 2 heterocycles. The summed E-state index contributed by atoms with van der Waals surface area (Å²) in [6.45, 7) is 0. The summed E-state index contributed by atoms with van der Waals surface area (Å²) in [7, 11) is 1.44. The molecule has 0 unspecified atom stereocenters. The van der Waals surface area contributed by atoms with Gasteiger partial charge in [-0.3, -0.25) is 0 Å². The number of nitrogen functional groups attached to an aromatic ring is 1. The number of rotatable bonds is 4. The molecule has 164 valence electrons. The van der Waals surface area contributed by atoms with Crippen molar-refractivity contribution in [3.8, 4) is 16.9 Å². The van der Waals surface area contributed by atoms with E-state index in [1.54, 1.807) is 18.2 Å². The first-order valence-electron chi connectivity index (χ1n) is 9.17. The number of nitrogens with two attached hydrogens (primary N) is 1. The van der Waals surface area contributed by atoms with Crippen molar-refractivity contribution in [1.82, 2.24) is 9.97 Å². The molecule has 4 N–H and O–H groups in total. The average molecular weight is 459 g/mol. The van der Waals surface area contributed by atoms with Gasteiger partial charge in [-0.05, 0) is 35.9 Å². The fourth-order valence-corrected chi connectivity index (χ4v) is 4.05. The number of aromatic nitrogens is 2. The number of alkyl halides is 3. The molecule has 0 saturated heterocycles. The average Bonchev–Trinajstić information content (AvgIpc) is 3.19. The number of thiophene rings is 1. The van der Waals surface area contributed by atoms with Gasteiger partial charge in [-0.15, -0.1) is 11.3 Å². The molecule has 0 fully saturated rings. The van der Waals surface area contributed by atoms with Gasteiger partial charge < -0.3 is 21.1 Å². The second kappa shape index (κ2) is 8.35. The molecule has 0 atom stereocenters.